The number of hydrogen-bond acceptors (Lipinski definition) is 5. The van der Waals surface area contributed by atoms with Crippen molar-refractivity contribution in [2.24, 2.45) is 5.10 Å². The molecule has 0 aromatic heterocycles. The van der Waals surface area contributed by atoms with Crippen LogP contribution in [0, 0.1) is 0 Å². The zero-order valence-corrected chi connectivity index (χ0v) is 16.0. The fourth-order valence-corrected chi connectivity index (χ4v) is 2.95. The van der Waals surface area contributed by atoms with Crippen LogP contribution < -0.4 is 19.8 Å². The molecule has 0 saturated carbocycles. The highest BCUT2D eigenvalue weighted by Gasteiger charge is 2.25. The lowest BCUT2D eigenvalue weighted by molar-refractivity contribution is -0.118. The topological polar surface area (TPSA) is 80.2 Å². The Bertz CT molecular complexity index is 880. The molecule has 0 atom stereocenters. The van der Waals surface area contributed by atoms with Gasteiger partial charge in [0, 0.05) is 19.4 Å². The predicted molar refractivity (Wildman–Crippen MR) is 107 cm³/mol. The molecule has 0 spiro atoms. The van der Waals surface area contributed by atoms with Crippen LogP contribution in [-0.4, -0.2) is 38.3 Å². The number of amides is 2. The van der Waals surface area contributed by atoms with E-state index in [0.717, 1.165) is 5.56 Å². The van der Waals surface area contributed by atoms with Crippen molar-refractivity contribution < 1.29 is 19.1 Å². The van der Waals surface area contributed by atoms with Crippen LogP contribution in [0.15, 0.2) is 53.6 Å². The Kier molecular flexibility index (Phi) is 6.26. The number of anilines is 1. The van der Waals surface area contributed by atoms with Crippen LogP contribution in [0.5, 0.6) is 11.5 Å². The summed E-state index contributed by atoms with van der Waals surface area (Å²) >= 11 is 0. The lowest BCUT2D eigenvalue weighted by Crippen LogP contribution is -2.39. The second kappa shape index (κ2) is 9.03. The van der Waals surface area contributed by atoms with Gasteiger partial charge in [-0.05, 0) is 36.2 Å². The number of methoxy groups -OCH3 is 2. The number of nitrogens with one attached hydrogen (secondary N) is 1. The van der Waals surface area contributed by atoms with Crippen LogP contribution in [0.25, 0.3) is 0 Å². The normalized spacial score (nSPS) is 13.7. The molecule has 0 fully saturated rings. The first-order valence-electron chi connectivity index (χ1n) is 9.07. The molecule has 0 radical (unpaired) electrons. The summed E-state index contributed by atoms with van der Waals surface area (Å²) in [6, 6.07) is 14.8. The van der Waals surface area contributed by atoms with Crippen molar-refractivity contribution in [3.8, 4) is 11.5 Å². The lowest BCUT2D eigenvalue weighted by atomic mass is 10.1. The van der Waals surface area contributed by atoms with E-state index in [9.17, 15) is 9.59 Å². The van der Waals surface area contributed by atoms with E-state index < -0.39 is 0 Å². The molecule has 1 aliphatic heterocycles. The quantitative estimate of drug-likeness (QED) is 0.799. The minimum atomic E-state index is -0.256. The van der Waals surface area contributed by atoms with Crippen LogP contribution in [0.3, 0.4) is 0 Å². The first-order chi connectivity index (χ1) is 13.6. The molecule has 146 valence electrons. The molecule has 2 aromatic rings. The van der Waals surface area contributed by atoms with Gasteiger partial charge in [0.05, 0.1) is 19.9 Å². The van der Waals surface area contributed by atoms with Gasteiger partial charge in [0.15, 0.2) is 11.5 Å². The molecule has 0 saturated heterocycles. The molecule has 7 nitrogen and oxygen atoms in total. The summed E-state index contributed by atoms with van der Waals surface area (Å²) in [6.45, 7) is 0.451. The van der Waals surface area contributed by atoms with Crippen molar-refractivity contribution in [1.29, 1.82) is 0 Å². The van der Waals surface area contributed by atoms with E-state index in [1.165, 1.54) is 5.01 Å². The molecule has 0 unspecified atom stereocenters. The standard InChI is InChI=1S/C21H23N3O4/c1-27-18-10-8-15(14-19(18)28-2)12-13-22-21(26)17-9-11-20(25)24(23-17)16-6-4-3-5-7-16/h3-8,10,14H,9,11-13H2,1-2H3,(H,22,26). The van der Waals surface area contributed by atoms with Gasteiger partial charge in [-0.2, -0.15) is 5.10 Å². The molecule has 1 aliphatic rings. The number of para-hydroxylation sites is 1. The van der Waals surface area contributed by atoms with E-state index >= 15 is 0 Å². The fraction of sp³-hybridized carbons (Fsp3) is 0.286. The van der Waals surface area contributed by atoms with Gasteiger partial charge in [-0.15, -0.1) is 0 Å². The van der Waals surface area contributed by atoms with E-state index in [1.807, 2.05) is 36.4 Å². The van der Waals surface area contributed by atoms with E-state index in [0.29, 0.717) is 42.3 Å². The average molecular weight is 381 g/mol. The van der Waals surface area contributed by atoms with Crippen LogP contribution in [0.4, 0.5) is 5.69 Å². The third kappa shape index (κ3) is 4.49. The minimum absolute atomic E-state index is 0.118. The maximum Gasteiger partial charge on any atom is 0.267 e. The molecule has 3 rings (SSSR count). The van der Waals surface area contributed by atoms with Gasteiger partial charge in [-0.25, -0.2) is 5.01 Å². The van der Waals surface area contributed by atoms with Crippen molar-refractivity contribution >= 4 is 23.2 Å². The smallest absolute Gasteiger partial charge is 0.267 e. The first kappa shape index (κ1) is 19.4. The van der Waals surface area contributed by atoms with Gasteiger partial charge in [-0.1, -0.05) is 24.3 Å². The molecule has 2 amide bonds. The third-order valence-electron chi connectivity index (χ3n) is 4.44. The molecular formula is C21H23N3O4. The summed E-state index contributed by atoms with van der Waals surface area (Å²) in [5, 5.41) is 8.43. The third-order valence-corrected chi connectivity index (χ3v) is 4.44. The zero-order valence-electron chi connectivity index (χ0n) is 16.0. The summed E-state index contributed by atoms with van der Waals surface area (Å²) in [5.41, 5.74) is 2.03. The van der Waals surface area contributed by atoms with E-state index in [2.05, 4.69) is 10.4 Å². The van der Waals surface area contributed by atoms with Gasteiger partial charge >= 0.3 is 0 Å². The largest absolute Gasteiger partial charge is 0.493 e. The molecule has 0 bridgehead atoms. The van der Waals surface area contributed by atoms with Crippen molar-refractivity contribution in [3.05, 3.63) is 54.1 Å². The highest BCUT2D eigenvalue weighted by Crippen LogP contribution is 2.27. The number of hydrazone groups is 1. The van der Waals surface area contributed by atoms with Crippen LogP contribution in [0.2, 0.25) is 0 Å². The molecular weight excluding hydrogens is 358 g/mol. The number of carbonyl (C=O) groups is 2. The summed E-state index contributed by atoms with van der Waals surface area (Å²) in [7, 11) is 3.18. The number of nitrogens with zero attached hydrogens (tertiary/aromatic N) is 2. The Hall–Kier alpha value is -3.35. The second-order valence-electron chi connectivity index (χ2n) is 6.28. The van der Waals surface area contributed by atoms with Crippen molar-refractivity contribution in [1.82, 2.24) is 5.32 Å². The predicted octanol–water partition coefficient (Wildman–Crippen LogP) is 2.55. The van der Waals surface area contributed by atoms with Crippen molar-refractivity contribution in [3.63, 3.8) is 0 Å². The van der Waals surface area contributed by atoms with Gasteiger partial charge in [-0.3, -0.25) is 9.59 Å². The number of rotatable bonds is 7. The SMILES string of the molecule is COc1ccc(CCNC(=O)C2=NN(c3ccccc3)C(=O)CC2)cc1OC. The minimum Gasteiger partial charge on any atom is -0.493 e. The molecule has 2 aromatic carbocycles. The van der Waals surface area contributed by atoms with E-state index in [-0.39, 0.29) is 18.2 Å². The van der Waals surface area contributed by atoms with Crippen molar-refractivity contribution in [2.75, 3.05) is 25.8 Å². The Balaban J connectivity index is 1.61. The van der Waals surface area contributed by atoms with Crippen LogP contribution in [0.1, 0.15) is 18.4 Å². The number of benzene rings is 2. The Morgan fingerprint density at radius 2 is 1.82 bits per heavy atom. The fourth-order valence-electron chi connectivity index (χ4n) is 2.95. The number of ether oxygens (including phenoxy) is 2. The highest BCUT2D eigenvalue weighted by atomic mass is 16.5. The lowest BCUT2D eigenvalue weighted by Gasteiger charge is -2.23. The van der Waals surface area contributed by atoms with Gasteiger partial charge in [0.1, 0.15) is 5.71 Å². The molecule has 0 aliphatic carbocycles. The summed E-state index contributed by atoms with van der Waals surface area (Å²) in [4.78, 5) is 24.6. The molecule has 1 heterocycles. The zero-order chi connectivity index (χ0) is 19.9. The van der Waals surface area contributed by atoms with Crippen LogP contribution >= 0.6 is 0 Å². The first-order valence-corrected chi connectivity index (χ1v) is 9.07. The molecule has 1 N–H and O–H groups in total. The Morgan fingerprint density at radius 3 is 2.54 bits per heavy atom. The molecule has 28 heavy (non-hydrogen) atoms. The van der Waals surface area contributed by atoms with Crippen molar-refractivity contribution in [2.45, 2.75) is 19.3 Å². The molecule has 7 heteroatoms. The summed E-state index contributed by atoms with van der Waals surface area (Å²) < 4.78 is 10.5. The van der Waals surface area contributed by atoms with E-state index in [1.54, 1.807) is 26.4 Å². The highest BCUT2D eigenvalue weighted by molar-refractivity contribution is 6.40. The average Bonchev–Trinajstić information content (AvgIpc) is 2.74. The summed E-state index contributed by atoms with van der Waals surface area (Å²) in [5.74, 6) is 0.944. The van der Waals surface area contributed by atoms with Gasteiger partial charge in [0.2, 0.25) is 5.91 Å². The summed E-state index contributed by atoms with van der Waals surface area (Å²) in [6.07, 6.45) is 1.24. The van der Waals surface area contributed by atoms with Gasteiger partial charge < -0.3 is 14.8 Å². The van der Waals surface area contributed by atoms with E-state index in [4.69, 9.17) is 9.47 Å². The number of hydrogen-bond donors (Lipinski definition) is 1. The number of carbonyl (C=O) groups excluding carboxylic acids is 2. The Morgan fingerprint density at radius 1 is 1.07 bits per heavy atom. The Labute approximate surface area is 163 Å². The monoisotopic (exact) mass is 381 g/mol. The maximum absolute atomic E-state index is 12.5. The maximum atomic E-state index is 12.5. The second-order valence-corrected chi connectivity index (χ2v) is 6.28. The van der Waals surface area contributed by atoms with Gasteiger partial charge in [0.25, 0.3) is 5.91 Å². The van der Waals surface area contributed by atoms with Crippen LogP contribution in [-0.2, 0) is 16.0 Å².